The van der Waals surface area contributed by atoms with E-state index >= 15 is 0 Å². The fraction of sp³-hybridized carbons (Fsp3) is 0.538. The lowest BCUT2D eigenvalue weighted by atomic mass is 10.3. The molecule has 8 nitrogen and oxygen atoms in total. The van der Waals surface area contributed by atoms with Crippen molar-refractivity contribution in [3.63, 3.8) is 0 Å². The monoisotopic (exact) mass is 330 g/mol. The second-order valence-corrected chi connectivity index (χ2v) is 6.46. The summed E-state index contributed by atoms with van der Waals surface area (Å²) < 4.78 is 26.5. The number of nitro benzene ring substituents is 1. The van der Waals surface area contributed by atoms with Gasteiger partial charge in [-0.1, -0.05) is 12.1 Å². The van der Waals surface area contributed by atoms with Gasteiger partial charge in [-0.3, -0.25) is 10.1 Å². The number of nitrogens with zero attached hydrogens (tertiary/aromatic N) is 1. The summed E-state index contributed by atoms with van der Waals surface area (Å²) in [5.41, 5.74) is 4.95. The van der Waals surface area contributed by atoms with Crippen LogP contribution in [0.15, 0.2) is 29.2 Å². The first-order chi connectivity index (χ1) is 10.5. The Morgan fingerprint density at radius 2 is 1.77 bits per heavy atom. The van der Waals surface area contributed by atoms with Gasteiger partial charge in [-0.15, -0.1) is 0 Å². The number of nitro groups is 1. The van der Waals surface area contributed by atoms with Crippen LogP contribution >= 0.6 is 0 Å². The smallest absolute Gasteiger partial charge is 0.289 e. The molecule has 1 aromatic carbocycles. The van der Waals surface area contributed by atoms with E-state index < -0.39 is 20.6 Å². The van der Waals surface area contributed by atoms with E-state index in [1.165, 1.54) is 24.3 Å². The fourth-order valence-corrected chi connectivity index (χ4v) is 3.10. The number of hydrogen-bond donors (Lipinski definition) is 3. The molecule has 0 aliphatic rings. The average molecular weight is 330 g/mol. The summed E-state index contributed by atoms with van der Waals surface area (Å²) >= 11 is 0. The maximum atomic E-state index is 12.1. The maximum Gasteiger partial charge on any atom is 0.289 e. The third-order valence-corrected chi connectivity index (χ3v) is 4.49. The van der Waals surface area contributed by atoms with Crippen molar-refractivity contribution < 1.29 is 13.3 Å². The first-order valence-corrected chi connectivity index (χ1v) is 8.61. The molecule has 0 amide bonds. The molecule has 1 aromatic rings. The minimum atomic E-state index is -3.87. The van der Waals surface area contributed by atoms with Crippen LogP contribution < -0.4 is 15.8 Å². The summed E-state index contributed by atoms with van der Waals surface area (Å²) in [6, 6.07) is 5.29. The molecule has 0 bridgehead atoms. The molecule has 22 heavy (non-hydrogen) atoms. The highest BCUT2D eigenvalue weighted by Gasteiger charge is 2.24. The van der Waals surface area contributed by atoms with Crippen molar-refractivity contribution in [2.75, 3.05) is 26.2 Å². The van der Waals surface area contributed by atoms with Gasteiger partial charge in [-0.25, -0.2) is 13.1 Å². The van der Waals surface area contributed by atoms with Gasteiger partial charge in [-0.05, 0) is 45.0 Å². The molecule has 0 heterocycles. The van der Waals surface area contributed by atoms with Gasteiger partial charge in [0.25, 0.3) is 5.69 Å². The van der Waals surface area contributed by atoms with E-state index in [9.17, 15) is 18.5 Å². The van der Waals surface area contributed by atoms with Gasteiger partial charge in [0.15, 0.2) is 4.90 Å². The fourth-order valence-electron chi connectivity index (χ4n) is 1.85. The highest BCUT2D eigenvalue weighted by atomic mass is 32.2. The normalized spacial score (nSPS) is 11.5. The molecule has 0 saturated carbocycles. The Bertz CT molecular complexity index is 577. The number of sulfonamides is 1. The lowest BCUT2D eigenvalue weighted by Gasteiger charge is -2.08. The zero-order valence-corrected chi connectivity index (χ0v) is 13.1. The summed E-state index contributed by atoms with van der Waals surface area (Å²) in [4.78, 5) is 9.85. The van der Waals surface area contributed by atoms with Crippen LogP contribution in [0.5, 0.6) is 0 Å². The van der Waals surface area contributed by atoms with Crippen LogP contribution in [0.2, 0.25) is 0 Å². The molecule has 0 aliphatic heterocycles. The topological polar surface area (TPSA) is 127 Å². The van der Waals surface area contributed by atoms with Crippen LogP contribution in [0.4, 0.5) is 5.69 Å². The number of benzene rings is 1. The quantitative estimate of drug-likeness (QED) is 0.309. The van der Waals surface area contributed by atoms with Crippen molar-refractivity contribution in [2.24, 2.45) is 5.73 Å². The van der Waals surface area contributed by atoms with Crippen LogP contribution in [0.3, 0.4) is 0 Å². The molecular weight excluding hydrogens is 308 g/mol. The van der Waals surface area contributed by atoms with Crippen molar-refractivity contribution in [3.8, 4) is 0 Å². The van der Waals surface area contributed by atoms with Crippen LogP contribution in [0.25, 0.3) is 0 Å². The molecule has 0 aliphatic carbocycles. The van der Waals surface area contributed by atoms with E-state index in [0.29, 0.717) is 19.5 Å². The van der Waals surface area contributed by atoms with Crippen LogP contribution in [-0.2, 0) is 10.0 Å². The van der Waals surface area contributed by atoms with E-state index in [1.807, 2.05) is 0 Å². The Kier molecular flexibility index (Phi) is 7.96. The number of para-hydroxylation sites is 1. The van der Waals surface area contributed by atoms with E-state index in [-0.39, 0.29) is 11.4 Å². The highest BCUT2D eigenvalue weighted by molar-refractivity contribution is 7.89. The van der Waals surface area contributed by atoms with Crippen LogP contribution in [0, 0.1) is 10.1 Å². The van der Waals surface area contributed by atoms with Gasteiger partial charge in [-0.2, -0.15) is 0 Å². The van der Waals surface area contributed by atoms with Crippen molar-refractivity contribution in [1.29, 1.82) is 0 Å². The van der Waals surface area contributed by atoms with E-state index in [2.05, 4.69) is 10.0 Å². The third kappa shape index (κ3) is 6.06. The summed E-state index contributed by atoms with van der Waals surface area (Å²) in [5.74, 6) is 0. The molecule has 1 rings (SSSR count). The first kappa shape index (κ1) is 18.5. The molecule has 0 radical (unpaired) electrons. The first-order valence-electron chi connectivity index (χ1n) is 7.13. The second kappa shape index (κ2) is 9.46. The lowest BCUT2D eigenvalue weighted by molar-refractivity contribution is -0.387. The Morgan fingerprint density at radius 1 is 1.09 bits per heavy atom. The number of hydrogen-bond acceptors (Lipinski definition) is 6. The van der Waals surface area contributed by atoms with E-state index in [0.717, 1.165) is 19.4 Å². The maximum absolute atomic E-state index is 12.1. The summed E-state index contributed by atoms with van der Waals surface area (Å²) in [6.45, 7) is 2.40. The summed E-state index contributed by atoms with van der Waals surface area (Å²) in [5, 5.41) is 14.0. The molecule has 0 aromatic heterocycles. The standard InChI is InChI=1S/C13H22N4O4S/c14-8-3-4-9-15-10-5-11-16-22(20,21)13-7-2-1-6-12(13)17(18)19/h1-2,6-7,15-16H,3-5,8-11,14H2. The van der Waals surface area contributed by atoms with Crippen molar-refractivity contribution >= 4 is 15.7 Å². The molecule has 0 atom stereocenters. The molecule has 9 heteroatoms. The number of nitrogens with two attached hydrogens (primary N) is 1. The lowest BCUT2D eigenvalue weighted by Crippen LogP contribution is -2.28. The Balaban J connectivity index is 2.44. The van der Waals surface area contributed by atoms with Gasteiger partial charge in [0.05, 0.1) is 4.92 Å². The SMILES string of the molecule is NCCCCNCCCNS(=O)(=O)c1ccccc1[N+](=O)[O-]. The Hall–Kier alpha value is -1.55. The second-order valence-electron chi connectivity index (χ2n) is 4.72. The summed E-state index contributed by atoms with van der Waals surface area (Å²) in [7, 11) is -3.87. The molecule has 0 spiro atoms. The van der Waals surface area contributed by atoms with Crippen molar-refractivity contribution in [3.05, 3.63) is 34.4 Å². The van der Waals surface area contributed by atoms with E-state index in [1.54, 1.807) is 0 Å². The number of unbranched alkanes of at least 4 members (excludes halogenated alkanes) is 1. The Morgan fingerprint density at radius 3 is 2.45 bits per heavy atom. The number of nitrogens with one attached hydrogen (secondary N) is 2. The van der Waals surface area contributed by atoms with Crippen LogP contribution in [-0.4, -0.2) is 39.5 Å². The number of rotatable bonds is 11. The van der Waals surface area contributed by atoms with E-state index in [4.69, 9.17) is 5.73 Å². The summed E-state index contributed by atoms with van der Waals surface area (Å²) in [6.07, 6.45) is 2.54. The van der Waals surface area contributed by atoms with Gasteiger partial charge in [0.1, 0.15) is 0 Å². The molecule has 124 valence electrons. The highest BCUT2D eigenvalue weighted by Crippen LogP contribution is 2.22. The largest absolute Gasteiger partial charge is 0.330 e. The van der Waals surface area contributed by atoms with Gasteiger partial charge < -0.3 is 11.1 Å². The van der Waals surface area contributed by atoms with Gasteiger partial charge >= 0.3 is 0 Å². The predicted molar refractivity (Wildman–Crippen MR) is 84.1 cm³/mol. The van der Waals surface area contributed by atoms with Crippen LogP contribution in [0.1, 0.15) is 19.3 Å². The third-order valence-electron chi connectivity index (χ3n) is 2.98. The average Bonchev–Trinajstić information content (AvgIpc) is 2.50. The zero-order chi connectivity index (χ0) is 16.4. The molecule has 0 saturated heterocycles. The molecular formula is C13H22N4O4S. The van der Waals surface area contributed by atoms with Gasteiger partial charge in [0, 0.05) is 12.6 Å². The minimum Gasteiger partial charge on any atom is -0.330 e. The van der Waals surface area contributed by atoms with Crippen molar-refractivity contribution in [1.82, 2.24) is 10.0 Å². The van der Waals surface area contributed by atoms with Gasteiger partial charge in [0.2, 0.25) is 10.0 Å². The molecule has 4 N–H and O–H groups in total. The zero-order valence-electron chi connectivity index (χ0n) is 12.3. The minimum absolute atomic E-state index is 0.221. The molecule has 0 fully saturated rings. The molecule has 0 unspecified atom stereocenters. The van der Waals surface area contributed by atoms with Crippen molar-refractivity contribution in [2.45, 2.75) is 24.2 Å². The Labute approximate surface area is 130 Å². The predicted octanol–water partition coefficient (Wildman–Crippen LogP) is 0.592.